The SMILES string of the molecule is CCOc1ccc(C(CNC(=O)CSCc2ccc(F)cc2)N2CCOCC2)cc1OC. The van der Waals surface area contributed by atoms with E-state index in [9.17, 15) is 9.18 Å². The van der Waals surface area contributed by atoms with Crippen LogP contribution in [0.1, 0.15) is 24.1 Å². The molecule has 1 unspecified atom stereocenters. The third-order valence-electron chi connectivity index (χ3n) is 5.27. The van der Waals surface area contributed by atoms with Crippen LogP contribution >= 0.6 is 11.8 Å². The number of benzene rings is 2. The van der Waals surface area contributed by atoms with Crippen LogP contribution in [0.4, 0.5) is 4.39 Å². The number of nitrogens with one attached hydrogen (secondary N) is 1. The molecule has 32 heavy (non-hydrogen) atoms. The van der Waals surface area contributed by atoms with E-state index in [0.717, 1.165) is 24.2 Å². The number of thioether (sulfide) groups is 1. The molecule has 2 aromatic rings. The average Bonchev–Trinajstić information content (AvgIpc) is 2.82. The van der Waals surface area contributed by atoms with E-state index in [1.165, 1.54) is 23.9 Å². The Hall–Kier alpha value is -2.29. The summed E-state index contributed by atoms with van der Waals surface area (Å²) in [4.78, 5) is 14.8. The molecule has 0 bridgehead atoms. The van der Waals surface area contributed by atoms with Crippen LogP contribution in [-0.4, -0.2) is 63.1 Å². The molecule has 8 heteroatoms. The van der Waals surface area contributed by atoms with Crippen LogP contribution in [0, 0.1) is 5.82 Å². The first-order valence-corrected chi connectivity index (χ1v) is 12.0. The summed E-state index contributed by atoms with van der Waals surface area (Å²) in [6, 6.07) is 12.3. The molecule has 1 aliphatic heterocycles. The van der Waals surface area contributed by atoms with E-state index < -0.39 is 0 Å². The Kier molecular flexibility index (Phi) is 9.64. The number of amides is 1. The van der Waals surface area contributed by atoms with Crippen molar-refractivity contribution < 1.29 is 23.4 Å². The smallest absolute Gasteiger partial charge is 0.230 e. The van der Waals surface area contributed by atoms with Gasteiger partial charge in [0.1, 0.15) is 5.82 Å². The molecule has 1 saturated heterocycles. The van der Waals surface area contributed by atoms with Gasteiger partial charge in [0.2, 0.25) is 5.91 Å². The number of halogens is 1. The second-order valence-electron chi connectivity index (χ2n) is 7.43. The summed E-state index contributed by atoms with van der Waals surface area (Å²) in [7, 11) is 1.63. The monoisotopic (exact) mass is 462 g/mol. The van der Waals surface area contributed by atoms with E-state index in [1.54, 1.807) is 19.2 Å². The number of rotatable bonds is 11. The topological polar surface area (TPSA) is 60.0 Å². The Bertz CT molecular complexity index is 860. The number of hydrogen-bond acceptors (Lipinski definition) is 6. The molecule has 1 atom stereocenters. The minimum absolute atomic E-state index is 0.00882. The average molecular weight is 463 g/mol. The fourth-order valence-electron chi connectivity index (χ4n) is 3.62. The summed E-state index contributed by atoms with van der Waals surface area (Å²) < 4.78 is 29.7. The molecular weight excluding hydrogens is 431 g/mol. The van der Waals surface area contributed by atoms with Crippen molar-refractivity contribution in [2.75, 3.05) is 52.3 Å². The van der Waals surface area contributed by atoms with Crippen molar-refractivity contribution in [2.45, 2.75) is 18.7 Å². The second kappa shape index (κ2) is 12.7. The molecule has 0 radical (unpaired) electrons. The van der Waals surface area contributed by atoms with Gasteiger partial charge < -0.3 is 19.5 Å². The number of ether oxygens (including phenoxy) is 3. The first kappa shape index (κ1) is 24.4. The molecule has 3 rings (SSSR count). The first-order chi connectivity index (χ1) is 15.6. The summed E-state index contributed by atoms with van der Waals surface area (Å²) in [6.07, 6.45) is 0. The van der Waals surface area contributed by atoms with E-state index in [1.807, 2.05) is 25.1 Å². The predicted molar refractivity (Wildman–Crippen MR) is 125 cm³/mol. The van der Waals surface area contributed by atoms with Gasteiger partial charge in [-0.25, -0.2) is 4.39 Å². The standard InChI is InChI=1S/C24H31FN2O4S/c1-3-31-22-9-6-19(14-23(22)29-2)21(27-10-12-30-13-11-27)15-26-24(28)17-32-16-18-4-7-20(25)8-5-18/h4-9,14,21H,3,10-13,15-17H2,1-2H3,(H,26,28). The molecule has 6 nitrogen and oxygen atoms in total. The number of hydrogen-bond donors (Lipinski definition) is 1. The number of morpholine rings is 1. The zero-order valence-corrected chi connectivity index (χ0v) is 19.5. The Morgan fingerprint density at radius 3 is 2.62 bits per heavy atom. The minimum atomic E-state index is -0.253. The molecule has 1 aliphatic rings. The van der Waals surface area contributed by atoms with Crippen LogP contribution in [0.25, 0.3) is 0 Å². The van der Waals surface area contributed by atoms with Crippen molar-refractivity contribution >= 4 is 17.7 Å². The van der Waals surface area contributed by atoms with E-state index >= 15 is 0 Å². The van der Waals surface area contributed by atoms with E-state index in [-0.39, 0.29) is 17.8 Å². The lowest BCUT2D eigenvalue weighted by atomic mass is 10.0. The maximum Gasteiger partial charge on any atom is 0.230 e. The summed E-state index contributed by atoms with van der Waals surface area (Å²) >= 11 is 1.51. The number of nitrogens with zero attached hydrogens (tertiary/aromatic N) is 1. The highest BCUT2D eigenvalue weighted by Crippen LogP contribution is 2.32. The lowest BCUT2D eigenvalue weighted by Crippen LogP contribution is -2.44. The highest BCUT2D eigenvalue weighted by atomic mass is 32.2. The van der Waals surface area contributed by atoms with E-state index in [2.05, 4.69) is 10.2 Å². The number of carbonyl (C=O) groups excluding carboxylic acids is 1. The van der Waals surface area contributed by atoms with E-state index in [4.69, 9.17) is 14.2 Å². The summed E-state index contributed by atoms with van der Waals surface area (Å²) in [6.45, 7) is 5.94. The Morgan fingerprint density at radius 2 is 1.94 bits per heavy atom. The summed E-state index contributed by atoms with van der Waals surface area (Å²) in [5.41, 5.74) is 2.06. The molecule has 0 aliphatic carbocycles. The van der Waals surface area contributed by atoms with Gasteiger partial charge in [0.05, 0.1) is 38.7 Å². The number of methoxy groups -OCH3 is 1. The Balaban J connectivity index is 1.60. The Morgan fingerprint density at radius 1 is 1.19 bits per heavy atom. The fraction of sp³-hybridized carbons (Fsp3) is 0.458. The van der Waals surface area contributed by atoms with Gasteiger partial charge in [-0.3, -0.25) is 9.69 Å². The van der Waals surface area contributed by atoms with Gasteiger partial charge in [-0.05, 0) is 42.3 Å². The van der Waals surface area contributed by atoms with Crippen LogP contribution < -0.4 is 14.8 Å². The zero-order chi connectivity index (χ0) is 22.8. The lowest BCUT2D eigenvalue weighted by molar-refractivity contribution is -0.118. The van der Waals surface area contributed by atoms with Gasteiger partial charge in [-0.2, -0.15) is 0 Å². The van der Waals surface area contributed by atoms with Crippen LogP contribution in [0.3, 0.4) is 0 Å². The van der Waals surface area contributed by atoms with Gasteiger partial charge in [-0.15, -0.1) is 11.8 Å². The van der Waals surface area contributed by atoms with Gasteiger partial charge in [-0.1, -0.05) is 18.2 Å². The van der Waals surface area contributed by atoms with Gasteiger partial charge in [0.25, 0.3) is 0 Å². The molecule has 1 fully saturated rings. The third-order valence-corrected chi connectivity index (χ3v) is 6.27. The predicted octanol–water partition coefficient (Wildman–Crippen LogP) is 3.66. The minimum Gasteiger partial charge on any atom is -0.493 e. The van der Waals surface area contributed by atoms with Gasteiger partial charge in [0.15, 0.2) is 11.5 Å². The third kappa shape index (κ3) is 7.12. The van der Waals surface area contributed by atoms with Crippen molar-refractivity contribution in [3.8, 4) is 11.5 Å². The molecule has 2 aromatic carbocycles. The second-order valence-corrected chi connectivity index (χ2v) is 8.42. The quantitative estimate of drug-likeness (QED) is 0.550. The summed E-state index contributed by atoms with van der Waals surface area (Å²) in [5.74, 6) is 2.13. The highest BCUT2D eigenvalue weighted by molar-refractivity contribution is 7.99. The van der Waals surface area contributed by atoms with Crippen LogP contribution in [0.5, 0.6) is 11.5 Å². The van der Waals surface area contributed by atoms with Gasteiger partial charge >= 0.3 is 0 Å². The lowest BCUT2D eigenvalue weighted by Gasteiger charge is -2.35. The van der Waals surface area contributed by atoms with Crippen molar-refractivity contribution in [2.24, 2.45) is 0 Å². The molecule has 1 amide bonds. The zero-order valence-electron chi connectivity index (χ0n) is 18.6. The molecule has 1 heterocycles. The van der Waals surface area contributed by atoms with Crippen molar-refractivity contribution in [3.05, 3.63) is 59.4 Å². The highest BCUT2D eigenvalue weighted by Gasteiger charge is 2.24. The first-order valence-electron chi connectivity index (χ1n) is 10.8. The molecule has 0 saturated carbocycles. The van der Waals surface area contributed by atoms with E-state index in [0.29, 0.717) is 49.4 Å². The van der Waals surface area contributed by atoms with Crippen LogP contribution in [0.2, 0.25) is 0 Å². The molecule has 174 valence electrons. The van der Waals surface area contributed by atoms with Crippen molar-refractivity contribution in [1.82, 2.24) is 10.2 Å². The normalized spacial score (nSPS) is 15.2. The molecule has 1 N–H and O–H groups in total. The molecule has 0 spiro atoms. The van der Waals surface area contributed by atoms with Crippen molar-refractivity contribution in [3.63, 3.8) is 0 Å². The Labute approximate surface area is 193 Å². The maximum atomic E-state index is 13.0. The number of carbonyl (C=O) groups is 1. The largest absolute Gasteiger partial charge is 0.493 e. The summed E-state index contributed by atoms with van der Waals surface area (Å²) in [5, 5.41) is 3.08. The van der Waals surface area contributed by atoms with Crippen molar-refractivity contribution in [1.29, 1.82) is 0 Å². The fourth-order valence-corrected chi connectivity index (χ4v) is 4.43. The maximum absolute atomic E-state index is 13.0. The molecular formula is C24H31FN2O4S. The van der Waals surface area contributed by atoms with Crippen LogP contribution in [-0.2, 0) is 15.3 Å². The van der Waals surface area contributed by atoms with Crippen LogP contribution in [0.15, 0.2) is 42.5 Å². The molecule has 0 aromatic heterocycles. The van der Waals surface area contributed by atoms with Gasteiger partial charge in [0, 0.05) is 25.4 Å².